The number of urea groups is 1. The van der Waals surface area contributed by atoms with E-state index in [1.54, 1.807) is 21.6 Å². The summed E-state index contributed by atoms with van der Waals surface area (Å²) in [4.78, 5) is 15.9. The number of hydrogen-bond acceptors (Lipinski definition) is 10. The van der Waals surface area contributed by atoms with Gasteiger partial charge in [-0.2, -0.15) is 23.3 Å². The maximum absolute atomic E-state index is 13.6. The smallest absolute Gasteiger partial charge is 0.320 e. The second kappa shape index (κ2) is 14.2. The van der Waals surface area contributed by atoms with Crippen LogP contribution in [0.15, 0.2) is 60.9 Å². The fourth-order valence-electron chi connectivity index (χ4n) is 6.90. The summed E-state index contributed by atoms with van der Waals surface area (Å²) < 4.78 is 39.4. The molecule has 16 heteroatoms. The molecule has 5 heterocycles. The monoisotopic (exact) mass is 730 g/mol. The van der Waals surface area contributed by atoms with E-state index in [1.807, 2.05) is 67.8 Å². The quantitative estimate of drug-likeness (QED) is 0.175. The van der Waals surface area contributed by atoms with Crippen LogP contribution < -0.4 is 20.3 Å². The van der Waals surface area contributed by atoms with Gasteiger partial charge in [0.1, 0.15) is 17.7 Å². The van der Waals surface area contributed by atoms with Crippen molar-refractivity contribution in [2.45, 2.75) is 89.9 Å². The van der Waals surface area contributed by atoms with Crippen LogP contribution >= 0.6 is 0 Å². The van der Waals surface area contributed by atoms with Crippen molar-refractivity contribution < 1.29 is 22.1 Å². The van der Waals surface area contributed by atoms with Crippen LogP contribution in [0.25, 0.3) is 11.5 Å². The summed E-state index contributed by atoms with van der Waals surface area (Å²) in [6.45, 7) is 9.50. The Labute approximate surface area is 303 Å². The Hall–Kier alpha value is -4.96. The van der Waals surface area contributed by atoms with E-state index in [4.69, 9.17) is 14.0 Å². The van der Waals surface area contributed by atoms with Gasteiger partial charge < -0.3 is 15.0 Å². The molecule has 1 aliphatic carbocycles. The van der Waals surface area contributed by atoms with E-state index >= 15 is 0 Å². The van der Waals surface area contributed by atoms with Crippen molar-refractivity contribution in [2.75, 3.05) is 29.6 Å². The largest absolute Gasteiger partial charge is 0.484 e. The van der Waals surface area contributed by atoms with Crippen molar-refractivity contribution >= 4 is 33.6 Å². The van der Waals surface area contributed by atoms with Crippen molar-refractivity contribution in [1.82, 2.24) is 39.5 Å². The Morgan fingerprint density at radius 2 is 1.81 bits per heavy atom. The molecule has 4 aromatic heterocycles. The molecular formula is C36H46N10O5S. The second-order valence-electron chi connectivity index (χ2n) is 14.6. The Kier molecular flexibility index (Phi) is 9.69. The highest BCUT2D eigenvalue weighted by Crippen LogP contribution is 2.39. The van der Waals surface area contributed by atoms with Gasteiger partial charge in [0.15, 0.2) is 11.5 Å². The minimum atomic E-state index is -3.56. The molecule has 2 aliphatic rings. The number of nitrogens with zero attached hydrogens (tertiary/aromatic N) is 8. The van der Waals surface area contributed by atoms with Crippen molar-refractivity contribution in [2.24, 2.45) is 0 Å². The molecule has 2 amide bonds. The Bertz CT molecular complexity index is 2170. The second-order valence-corrected chi connectivity index (χ2v) is 16.3. The maximum Gasteiger partial charge on any atom is 0.320 e. The molecule has 1 fully saturated rings. The molecule has 0 bridgehead atoms. The predicted octanol–water partition coefficient (Wildman–Crippen LogP) is 5.54. The summed E-state index contributed by atoms with van der Waals surface area (Å²) in [7, 11) is -3.56. The Balaban J connectivity index is 1.06. The summed E-state index contributed by atoms with van der Waals surface area (Å²) in [6.07, 6.45) is 9.37. The molecular weight excluding hydrogens is 685 g/mol. The number of aromatic nitrogens is 7. The zero-order valence-corrected chi connectivity index (χ0v) is 31.0. The Morgan fingerprint density at radius 3 is 2.58 bits per heavy atom. The fraction of sp³-hybridized carbons (Fsp3) is 0.472. The normalized spacial score (nSPS) is 19.4. The van der Waals surface area contributed by atoms with Gasteiger partial charge in [-0.05, 0) is 62.3 Å². The predicted molar refractivity (Wildman–Crippen MR) is 196 cm³/mol. The molecule has 2 N–H and O–H groups in total. The number of piperidine rings is 1. The van der Waals surface area contributed by atoms with Gasteiger partial charge >= 0.3 is 6.03 Å². The summed E-state index contributed by atoms with van der Waals surface area (Å²) in [5.41, 5.74) is 3.28. The van der Waals surface area contributed by atoms with Gasteiger partial charge in [0.2, 0.25) is 5.95 Å². The molecule has 1 saturated heterocycles. The van der Waals surface area contributed by atoms with Gasteiger partial charge in [0, 0.05) is 36.3 Å². The number of anilines is 2. The average molecular weight is 731 g/mol. The van der Waals surface area contributed by atoms with E-state index in [0.717, 1.165) is 59.8 Å². The third kappa shape index (κ3) is 7.77. The molecule has 0 spiro atoms. The topological polar surface area (TPSA) is 163 Å². The van der Waals surface area contributed by atoms with Crippen molar-refractivity contribution in [3.63, 3.8) is 0 Å². The van der Waals surface area contributed by atoms with E-state index < -0.39 is 10.1 Å². The summed E-state index contributed by atoms with van der Waals surface area (Å²) >= 11 is 0. The van der Waals surface area contributed by atoms with Crippen LogP contribution in [-0.2, 0) is 26.3 Å². The number of nitrogens with one attached hydrogen (secondary N) is 2. The lowest BCUT2D eigenvalue weighted by atomic mass is 9.85. The van der Waals surface area contributed by atoms with E-state index in [2.05, 4.69) is 43.8 Å². The summed E-state index contributed by atoms with van der Waals surface area (Å²) in [5.74, 6) is 2.49. The molecule has 0 radical (unpaired) electrons. The molecule has 1 aliphatic heterocycles. The van der Waals surface area contributed by atoms with Crippen LogP contribution in [0.3, 0.4) is 0 Å². The highest BCUT2D eigenvalue weighted by Gasteiger charge is 2.31. The van der Waals surface area contributed by atoms with Gasteiger partial charge in [-0.1, -0.05) is 45.0 Å². The minimum absolute atomic E-state index is 0.0507. The van der Waals surface area contributed by atoms with Gasteiger partial charge in [0.05, 0.1) is 37.3 Å². The van der Waals surface area contributed by atoms with E-state index in [1.165, 1.54) is 6.42 Å². The van der Waals surface area contributed by atoms with E-state index in [-0.39, 0.29) is 36.7 Å². The number of carbonyl (C=O) groups is 1. The fourth-order valence-corrected chi connectivity index (χ4v) is 7.28. The molecule has 0 unspecified atom stereocenters. The van der Waals surface area contributed by atoms with Crippen molar-refractivity contribution in [1.29, 1.82) is 0 Å². The summed E-state index contributed by atoms with van der Waals surface area (Å²) in [5, 5.41) is 24.4. The summed E-state index contributed by atoms with van der Waals surface area (Å²) in [6, 6.07) is 15.3. The molecule has 52 heavy (non-hydrogen) atoms. The molecule has 3 atom stereocenters. The lowest BCUT2D eigenvalue weighted by Gasteiger charge is -2.33. The van der Waals surface area contributed by atoms with Gasteiger partial charge in [-0.15, -0.1) is 10.2 Å². The minimum Gasteiger partial charge on any atom is -0.484 e. The molecule has 0 saturated carbocycles. The number of amides is 2. The van der Waals surface area contributed by atoms with Crippen LogP contribution in [0, 0.1) is 0 Å². The molecule has 5 aromatic rings. The first kappa shape index (κ1) is 35.4. The lowest BCUT2D eigenvalue weighted by Crippen LogP contribution is -2.38. The van der Waals surface area contributed by atoms with Crippen LogP contribution in [0.4, 0.5) is 16.6 Å². The van der Waals surface area contributed by atoms with Crippen LogP contribution in [0.5, 0.6) is 5.75 Å². The van der Waals surface area contributed by atoms with E-state index in [0.29, 0.717) is 30.5 Å². The standard InChI is InChI=1S/C36H46N10O5S/c1-24-10-8-9-18-44(24)35-40-39-31-16-13-25(23-45(31)35)51-29-15-14-28(26-11-6-7-12-27(26)29)37-34(47)38-33-22-30(36(2,3)4)41-46(33)32-17-19-43(42-32)20-21-50-52(5,48)49/h6-7,11-13,16-17,19,22-24,28-29H,8-10,14-15,18,20-21H2,1-5H3,(H2,37,38,47)/t24-,28-,29+/m0/s1. The number of hydrogen-bond donors (Lipinski definition) is 2. The third-order valence-corrected chi connectivity index (χ3v) is 10.2. The zero-order valence-electron chi connectivity index (χ0n) is 30.2. The maximum atomic E-state index is 13.6. The molecule has 276 valence electrons. The van der Waals surface area contributed by atoms with Gasteiger partial charge in [-0.3, -0.25) is 18.6 Å². The van der Waals surface area contributed by atoms with E-state index in [9.17, 15) is 13.2 Å². The first-order chi connectivity index (χ1) is 24.8. The molecule has 1 aromatic carbocycles. The van der Waals surface area contributed by atoms with Gasteiger partial charge in [0.25, 0.3) is 10.1 Å². The zero-order chi connectivity index (χ0) is 36.6. The van der Waals surface area contributed by atoms with Gasteiger partial charge in [-0.25, -0.2) is 4.79 Å². The SMILES string of the molecule is C[C@H]1CCCCN1c1nnc2ccc(O[C@@H]3CC[C@H](NC(=O)Nc4cc(C(C)(C)C)nn4-c4ccn(CCOS(C)(=O)=O)n4)c4ccccc43)cn12. The molecule has 7 rings (SSSR count). The average Bonchev–Trinajstić information content (AvgIpc) is 3.84. The first-order valence-corrected chi connectivity index (χ1v) is 19.6. The Morgan fingerprint density at radius 1 is 1.00 bits per heavy atom. The van der Waals surface area contributed by atoms with Crippen LogP contribution in [-0.4, -0.2) is 74.1 Å². The lowest BCUT2D eigenvalue weighted by molar-refractivity contribution is 0.171. The number of benzene rings is 1. The highest BCUT2D eigenvalue weighted by molar-refractivity contribution is 7.85. The number of rotatable bonds is 10. The van der Waals surface area contributed by atoms with Crippen LogP contribution in [0.1, 0.15) is 88.8 Å². The van der Waals surface area contributed by atoms with Crippen LogP contribution in [0.2, 0.25) is 0 Å². The van der Waals surface area contributed by atoms with Crippen molar-refractivity contribution in [3.8, 4) is 11.6 Å². The number of carbonyl (C=O) groups excluding carboxylic acids is 1. The highest BCUT2D eigenvalue weighted by atomic mass is 32.2. The third-order valence-electron chi connectivity index (χ3n) is 9.62. The number of pyridine rings is 1. The van der Waals surface area contributed by atoms with Crippen molar-refractivity contribution in [3.05, 3.63) is 77.7 Å². The number of ether oxygens (including phenoxy) is 1. The first-order valence-electron chi connectivity index (χ1n) is 17.8. The number of fused-ring (bicyclic) bond motifs is 2. The molecule has 15 nitrogen and oxygen atoms in total.